The van der Waals surface area contributed by atoms with E-state index in [4.69, 9.17) is 18.9 Å². The molecule has 0 aliphatic carbocycles. The van der Waals surface area contributed by atoms with Crippen molar-refractivity contribution in [2.75, 3.05) is 47.5 Å². The number of carboxylic acids is 1. The molecule has 0 amide bonds. The Morgan fingerprint density at radius 3 is 0.987 bits per heavy atom. The highest BCUT2D eigenvalue weighted by Gasteiger charge is 2.25. The lowest BCUT2D eigenvalue weighted by Gasteiger charge is -2.25. The van der Waals surface area contributed by atoms with Crippen molar-refractivity contribution in [3.63, 3.8) is 0 Å². The van der Waals surface area contributed by atoms with Gasteiger partial charge >= 0.3 is 17.9 Å². The van der Waals surface area contributed by atoms with Gasteiger partial charge in [-0.3, -0.25) is 9.59 Å². The molecule has 0 spiro atoms. The number of unbranched alkanes of at least 4 members (excludes halogenated alkanes) is 45. The van der Waals surface area contributed by atoms with Crippen LogP contribution in [0.1, 0.15) is 335 Å². The number of hydrogen-bond acceptors (Lipinski definition) is 7. The minimum Gasteiger partial charge on any atom is -0.477 e. The molecular formula is C66H128NO8+. The summed E-state index contributed by atoms with van der Waals surface area (Å²) in [6.45, 7) is 4.94. The molecular weight excluding hydrogens is 935 g/mol. The highest BCUT2D eigenvalue weighted by Crippen LogP contribution is 2.19. The summed E-state index contributed by atoms with van der Waals surface area (Å²) in [5.41, 5.74) is 0. The van der Waals surface area contributed by atoms with Gasteiger partial charge in [-0.25, -0.2) is 4.79 Å². The molecule has 0 aliphatic heterocycles. The van der Waals surface area contributed by atoms with Gasteiger partial charge in [-0.2, -0.15) is 0 Å². The van der Waals surface area contributed by atoms with E-state index in [2.05, 4.69) is 26.0 Å². The van der Waals surface area contributed by atoms with Gasteiger partial charge in [0.1, 0.15) is 13.2 Å². The van der Waals surface area contributed by atoms with Crippen molar-refractivity contribution >= 4 is 17.9 Å². The first kappa shape index (κ1) is 73.0. The number of hydrogen-bond donors (Lipinski definition) is 1. The molecule has 9 heteroatoms. The molecule has 0 saturated heterocycles. The van der Waals surface area contributed by atoms with E-state index in [0.29, 0.717) is 17.4 Å². The fraction of sp³-hybridized carbons (Fsp3) is 0.924. The van der Waals surface area contributed by atoms with Crippen LogP contribution >= 0.6 is 0 Å². The molecule has 0 aromatic heterocycles. The maximum Gasteiger partial charge on any atom is 0.361 e. The number of nitrogens with zero attached hydrogens (tertiary/aromatic N) is 1. The quantitative estimate of drug-likeness (QED) is 0.0211. The average molecular weight is 1060 g/mol. The van der Waals surface area contributed by atoms with Crippen LogP contribution in [0.4, 0.5) is 0 Å². The van der Waals surface area contributed by atoms with E-state index in [9.17, 15) is 19.5 Å². The van der Waals surface area contributed by atoms with Crippen molar-refractivity contribution in [2.45, 2.75) is 347 Å². The van der Waals surface area contributed by atoms with Gasteiger partial charge in [-0.15, -0.1) is 0 Å². The Hall–Kier alpha value is -1.97. The molecule has 0 saturated carbocycles. The number of carbonyl (C=O) groups is 3. The maximum absolute atomic E-state index is 12.9. The number of quaternary nitrogens is 1. The second-order valence-corrected chi connectivity index (χ2v) is 23.8. The summed E-state index contributed by atoms with van der Waals surface area (Å²) in [6, 6.07) is 0. The van der Waals surface area contributed by atoms with Gasteiger partial charge in [0.2, 0.25) is 0 Å². The van der Waals surface area contributed by atoms with Crippen LogP contribution in [0.25, 0.3) is 0 Å². The molecule has 0 fully saturated rings. The zero-order valence-electron chi connectivity index (χ0n) is 50.7. The molecule has 0 rings (SSSR count). The number of aliphatic carboxylic acids is 1. The van der Waals surface area contributed by atoms with Crippen LogP contribution in [0.2, 0.25) is 0 Å². The first-order valence-electron chi connectivity index (χ1n) is 32.9. The van der Waals surface area contributed by atoms with Gasteiger partial charge in [-0.05, 0) is 38.5 Å². The molecule has 0 aromatic rings. The molecule has 1 N–H and O–H groups in total. The third-order valence-corrected chi connectivity index (χ3v) is 15.0. The van der Waals surface area contributed by atoms with Crippen LogP contribution in [0.15, 0.2) is 12.2 Å². The van der Waals surface area contributed by atoms with Crippen LogP contribution in [0, 0.1) is 0 Å². The van der Waals surface area contributed by atoms with Crippen molar-refractivity contribution in [2.24, 2.45) is 0 Å². The van der Waals surface area contributed by atoms with Crippen LogP contribution in [0.3, 0.4) is 0 Å². The Kier molecular flexibility index (Phi) is 56.7. The van der Waals surface area contributed by atoms with Gasteiger partial charge in [0, 0.05) is 12.8 Å². The molecule has 0 radical (unpaired) electrons. The molecule has 0 heterocycles. The number of carboxylic acid groups (broad SMARTS) is 1. The molecule has 0 bridgehead atoms. The number of likely N-dealkylation sites (N-methyl/N-ethyl adjacent to an activating group) is 1. The highest BCUT2D eigenvalue weighted by atomic mass is 16.7. The SMILES string of the molecule is CCCCCCCC/C=C\CCCCCCCCCCCC(=O)OC(COC(=O)CCCCCCCCCCCCCCCCCCCCCCCCCCCCCCCCC)COC(OCC[N+](C)(C)C)C(=O)O. The van der Waals surface area contributed by atoms with Crippen molar-refractivity contribution in [1.29, 1.82) is 0 Å². The number of esters is 2. The van der Waals surface area contributed by atoms with E-state index in [-0.39, 0.29) is 38.2 Å². The molecule has 2 unspecified atom stereocenters. The van der Waals surface area contributed by atoms with Crippen LogP contribution < -0.4 is 0 Å². The molecule has 0 aliphatic rings. The molecule has 9 nitrogen and oxygen atoms in total. The van der Waals surface area contributed by atoms with Gasteiger partial charge in [0.05, 0.1) is 34.4 Å². The fourth-order valence-electron chi connectivity index (χ4n) is 9.95. The van der Waals surface area contributed by atoms with Gasteiger partial charge in [-0.1, -0.05) is 296 Å². The summed E-state index contributed by atoms with van der Waals surface area (Å²) in [5.74, 6) is -1.98. The fourth-order valence-corrected chi connectivity index (χ4v) is 9.95. The lowest BCUT2D eigenvalue weighted by molar-refractivity contribution is -0.870. The van der Waals surface area contributed by atoms with E-state index in [0.717, 1.165) is 38.5 Å². The van der Waals surface area contributed by atoms with Gasteiger partial charge < -0.3 is 28.5 Å². The van der Waals surface area contributed by atoms with Crippen LogP contribution in [-0.4, -0.2) is 87.4 Å². The predicted molar refractivity (Wildman–Crippen MR) is 318 cm³/mol. The maximum atomic E-state index is 12.9. The zero-order valence-corrected chi connectivity index (χ0v) is 50.7. The lowest BCUT2D eigenvalue weighted by atomic mass is 10.0. The molecule has 444 valence electrons. The van der Waals surface area contributed by atoms with Crippen molar-refractivity contribution in [3.05, 3.63) is 12.2 Å². The summed E-state index contributed by atoms with van der Waals surface area (Å²) in [5, 5.41) is 9.72. The Balaban J connectivity index is 4.05. The summed E-state index contributed by atoms with van der Waals surface area (Å²) in [4.78, 5) is 37.5. The summed E-state index contributed by atoms with van der Waals surface area (Å²) < 4.78 is 22.9. The molecule has 0 aromatic carbocycles. The third-order valence-electron chi connectivity index (χ3n) is 15.0. The number of allylic oxidation sites excluding steroid dienone is 2. The van der Waals surface area contributed by atoms with Crippen molar-refractivity contribution < 1.29 is 42.9 Å². The normalized spacial score (nSPS) is 12.7. The van der Waals surface area contributed by atoms with E-state index < -0.39 is 18.4 Å². The second kappa shape index (κ2) is 58.2. The number of ether oxygens (including phenoxy) is 4. The number of rotatable bonds is 62. The Bertz CT molecular complexity index is 1240. The first-order chi connectivity index (χ1) is 36.6. The average Bonchev–Trinajstić information content (AvgIpc) is 3.38. The smallest absolute Gasteiger partial charge is 0.361 e. The largest absolute Gasteiger partial charge is 0.477 e. The van der Waals surface area contributed by atoms with E-state index in [1.54, 1.807) is 0 Å². The first-order valence-corrected chi connectivity index (χ1v) is 32.9. The standard InChI is InChI=1S/C66H127NO8/c1-6-8-10-12-14-16-18-20-22-24-26-27-28-29-30-31-32-33-34-35-36-37-39-40-42-44-46-48-50-52-54-56-63(68)73-60-62(61-74-66(65(70)71)72-59-58-67(3,4)5)75-64(69)57-55-53-51-49-47-45-43-41-38-25-23-21-19-17-15-13-11-9-7-2/h21,23,62,66H,6-20,22,24-61H2,1-5H3/p+1/b23-21-. The minimum atomic E-state index is -1.51. The minimum absolute atomic E-state index is 0.176. The van der Waals surface area contributed by atoms with Crippen LogP contribution in [-0.2, 0) is 33.3 Å². The zero-order chi connectivity index (χ0) is 54.8. The Labute approximate surface area is 465 Å². The predicted octanol–water partition coefficient (Wildman–Crippen LogP) is 19.7. The Morgan fingerprint density at radius 1 is 0.387 bits per heavy atom. The van der Waals surface area contributed by atoms with Crippen LogP contribution in [0.5, 0.6) is 0 Å². The summed E-state index contributed by atoms with van der Waals surface area (Å²) in [6.07, 6.45) is 66.1. The summed E-state index contributed by atoms with van der Waals surface area (Å²) in [7, 11) is 5.98. The lowest BCUT2D eigenvalue weighted by Crippen LogP contribution is -2.40. The highest BCUT2D eigenvalue weighted by molar-refractivity contribution is 5.71. The topological polar surface area (TPSA) is 108 Å². The Morgan fingerprint density at radius 2 is 0.680 bits per heavy atom. The monoisotopic (exact) mass is 1060 g/mol. The summed E-state index contributed by atoms with van der Waals surface area (Å²) >= 11 is 0. The molecule has 75 heavy (non-hydrogen) atoms. The second-order valence-electron chi connectivity index (χ2n) is 23.8. The molecule has 2 atom stereocenters. The third kappa shape index (κ3) is 59.5. The van der Waals surface area contributed by atoms with Crippen molar-refractivity contribution in [3.8, 4) is 0 Å². The van der Waals surface area contributed by atoms with Gasteiger partial charge in [0.25, 0.3) is 6.29 Å². The van der Waals surface area contributed by atoms with Gasteiger partial charge in [0.15, 0.2) is 6.10 Å². The van der Waals surface area contributed by atoms with E-state index in [1.807, 2.05) is 21.1 Å². The van der Waals surface area contributed by atoms with E-state index in [1.165, 1.54) is 270 Å². The number of carbonyl (C=O) groups excluding carboxylic acids is 2. The van der Waals surface area contributed by atoms with E-state index >= 15 is 0 Å². The van der Waals surface area contributed by atoms with Crippen molar-refractivity contribution in [1.82, 2.24) is 0 Å².